The van der Waals surface area contributed by atoms with Crippen molar-refractivity contribution in [3.05, 3.63) is 0 Å². The number of carbonyl (C=O) groups is 1. The van der Waals surface area contributed by atoms with Crippen LogP contribution in [0.15, 0.2) is 0 Å². The molecule has 0 aromatic heterocycles. The summed E-state index contributed by atoms with van der Waals surface area (Å²) in [5.74, 6) is 0. The predicted octanol–water partition coefficient (Wildman–Crippen LogP) is 1.68. The number of nitrogens with zero attached hydrogens (tertiary/aromatic N) is 3. The highest BCUT2D eigenvalue weighted by molar-refractivity contribution is 5.74. The summed E-state index contributed by atoms with van der Waals surface area (Å²) in [6.07, 6.45) is 0.378. The third kappa shape index (κ3) is 3.25. The minimum atomic E-state index is -0.0203. The maximum Gasteiger partial charge on any atom is 0.319 e. The maximum atomic E-state index is 11.8. The van der Waals surface area contributed by atoms with Gasteiger partial charge in [-0.3, -0.25) is 0 Å². The normalized spacial score (nSPS) is 11.6. The van der Waals surface area contributed by atoms with Crippen LogP contribution >= 0.6 is 0 Å². The lowest BCUT2D eigenvalue weighted by Crippen LogP contribution is -2.44. The molecule has 0 saturated heterocycles. The SMILES string of the molecule is CCN(CC)C(=O)N(C)C(C)CC#N. The zero-order valence-electron chi connectivity index (χ0n) is 9.45. The van der Waals surface area contributed by atoms with E-state index < -0.39 is 0 Å². The summed E-state index contributed by atoms with van der Waals surface area (Å²) in [5.41, 5.74) is 0. The standard InChI is InChI=1S/C10H19N3O/c1-5-13(6-2)10(14)12(4)9(3)7-8-11/h9H,5-7H2,1-4H3. The van der Waals surface area contributed by atoms with E-state index in [1.807, 2.05) is 20.8 Å². The Hall–Kier alpha value is -1.24. The molecule has 0 spiro atoms. The van der Waals surface area contributed by atoms with E-state index in [4.69, 9.17) is 5.26 Å². The maximum absolute atomic E-state index is 11.8. The van der Waals surface area contributed by atoms with Crippen LogP contribution in [0, 0.1) is 11.3 Å². The van der Waals surface area contributed by atoms with Gasteiger partial charge in [0, 0.05) is 26.2 Å². The van der Waals surface area contributed by atoms with Crippen molar-refractivity contribution in [3.63, 3.8) is 0 Å². The average molecular weight is 197 g/mol. The molecule has 4 nitrogen and oxygen atoms in total. The zero-order valence-corrected chi connectivity index (χ0v) is 9.45. The molecule has 0 aromatic carbocycles. The van der Waals surface area contributed by atoms with Gasteiger partial charge in [0.05, 0.1) is 12.5 Å². The molecule has 0 aromatic rings. The molecule has 0 heterocycles. The number of urea groups is 1. The van der Waals surface area contributed by atoms with Gasteiger partial charge < -0.3 is 9.80 Å². The van der Waals surface area contributed by atoms with Gasteiger partial charge in [0.25, 0.3) is 0 Å². The second-order valence-corrected chi connectivity index (χ2v) is 3.28. The van der Waals surface area contributed by atoms with Crippen LogP contribution in [-0.4, -0.2) is 42.0 Å². The number of rotatable bonds is 4. The molecule has 0 radical (unpaired) electrons. The van der Waals surface area contributed by atoms with E-state index in [2.05, 4.69) is 6.07 Å². The Bertz CT molecular complexity index is 218. The van der Waals surface area contributed by atoms with Gasteiger partial charge in [0.15, 0.2) is 0 Å². The molecule has 14 heavy (non-hydrogen) atoms. The minimum Gasteiger partial charge on any atom is -0.325 e. The molecule has 0 aliphatic carbocycles. The van der Waals surface area contributed by atoms with Crippen molar-refractivity contribution in [1.82, 2.24) is 9.80 Å². The molecule has 0 N–H and O–H groups in total. The van der Waals surface area contributed by atoms with Crippen LogP contribution in [0.2, 0.25) is 0 Å². The van der Waals surface area contributed by atoms with Gasteiger partial charge in [-0.2, -0.15) is 5.26 Å². The van der Waals surface area contributed by atoms with Crippen LogP contribution in [0.25, 0.3) is 0 Å². The van der Waals surface area contributed by atoms with Gasteiger partial charge in [0.2, 0.25) is 0 Å². The van der Waals surface area contributed by atoms with Gasteiger partial charge in [-0.1, -0.05) is 0 Å². The summed E-state index contributed by atoms with van der Waals surface area (Å²) >= 11 is 0. The number of amides is 2. The van der Waals surface area contributed by atoms with E-state index in [-0.39, 0.29) is 12.1 Å². The largest absolute Gasteiger partial charge is 0.325 e. The van der Waals surface area contributed by atoms with E-state index in [9.17, 15) is 4.79 Å². The molecule has 0 saturated carbocycles. The molecule has 0 aliphatic rings. The Morgan fingerprint density at radius 3 is 2.29 bits per heavy atom. The first-order chi connectivity index (χ1) is 6.58. The second kappa shape index (κ2) is 6.25. The van der Waals surface area contributed by atoms with Crippen molar-refractivity contribution >= 4 is 6.03 Å². The quantitative estimate of drug-likeness (QED) is 0.688. The van der Waals surface area contributed by atoms with Gasteiger partial charge in [-0.15, -0.1) is 0 Å². The number of hydrogen-bond donors (Lipinski definition) is 0. The van der Waals surface area contributed by atoms with E-state index in [1.54, 1.807) is 16.8 Å². The second-order valence-electron chi connectivity index (χ2n) is 3.28. The molecular formula is C10H19N3O. The summed E-state index contributed by atoms with van der Waals surface area (Å²) in [7, 11) is 1.74. The van der Waals surface area contributed by atoms with E-state index in [0.29, 0.717) is 19.5 Å². The lowest BCUT2D eigenvalue weighted by Gasteiger charge is -2.29. The molecule has 0 bridgehead atoms. The predicted molar refractivity (Wildman–Crippen MR) is 55.8 cm³/mol. The first-order valence-corrected chi connectivity index (χ1v) is 4.97. The highest BCUT2D eigenvalue weighted by atomic mass is 16.2. The fourth-order valence-electron chi connectivity index (χ4n) is 1.17. The highest BCUT2D eigenvalue weighted by Gasteiger charge is 2.19. The van der Waals surface area contributed by atoms with Crippen molar-refractivity contribution in [1.29, 1.82) is 5.26 Å². The average Bonchev–Trinajstić information content (AvgIpc) is 2.18. The molecular weight excluding hydrogens is 178 g/mol. The monoisotopic (exact) mass is 197 g/mol. The number of hydrogen-bond acceptors (Lipinski definition) is 2. The molecule has 2 amide bonds. The summed E-state index contributed by atoms with van der Waals surface area (Å²) in [4.78, 5) is 15.1. The van der Waals surface area contributed by atoms with Crippen LogP contribution in [0.5, 0.6) is 0 Å². The van der Waals surface area contributed by atoms with Crippen molar-refractivity contribution in [2.24, 2.45) is 0 Å². The van der Waals surface area contributed by atoms with E-state index >= 15 is 0 Å². The molecule has 1 unspecified atom stereocenters. The Morgan fingerprint density at radius 2 is 1.93 bits per heavy atom. The van der Waals surface area contributed by atoms with Gasteiger partial charge in [-0.05, 0) is 20.8 Å². The molecule has 1 atom stereocenters. The van der Waals surface area contributed by atoms with Crippen molar-refractivity contribution in [2.45, 2.75) is 33.2 Å². The Labute approximate surface area is 86.1 Å². The smallest absolute Gasteiger partial charge is 0.319 e. The van der Waals surface area contributed by atoms with Gasteiger partial charge in [-0.25, -0.2) is 4.79 Å². The first kappa shape index (κ1) is 12.8. The van der Waals surface area contributed by atoms with Crippen molar-refractivity contribution in [3.8, 4) is 6.07 Å². The summed E-state index contributed by atoms with van der Waals surface area (Å²) in [6.45, 7) is 7.19. The highest BCUT2D eigenvalue weighted by Crippen LogP contribution is 2.04. The zero-order chi connectivity index (χ0) is 11.1. The van der Waals surface area contributed by atoms with E-state index in [0.717, 1.165) is 0 Å². The summed E-state index contributed by atoms with van der Waals surface area (Å²) in [6, 6.07) is 2.04. The van der Waals surface area contributed by atoms with Gasteiger partial charge in [0.1, 0.15) is 0 Å². The Kier molecular flexibility index (Phi) is 5.70. The van der Waals surface area contributed by atoms with Gasteiger partial charge >= 0.3 is 6.03 Å². The third-order valence-corrected chi connectivity index (χ3v) is 2.38. The molecule has 0 fully saturated rings. The van der Waals surface area contributed by atoms with Crippen LogP contribution in [0.3, 0.4) is 0 Å². The topological polar surface area (TPSA) is 47.3 Å². The van der Waals surface area contributed by atoms with E-state index in [1.165, 1.54) is 0 Å². The fourth-order valence-corrected chi connectivity index (χ4v) is 1.17. The van der Waals surface area contributed by atoms with Crippen LogP contribution in [0.4, 0.5) is 4.79 Å². The van der Waals surface area contributed by atoms with Crippen LogP contribution in [-0.2, 0) is 0 Å². The lowest BCUT2D eigenvalue weighted by molar-refractivity contribution is 0.154. The number of carbonyl (C=O) groups excluding carboxylic acids is 1. The summed E-state index contributed by atoms with van der Waals surface area (Å²) in [5, 5.41) is 8.52. The fraction of sp³-hybridized carbons (Fsp3) is 0.800. The molecule has 4 heteroatoms. The van der Waals surface area contributed by atoms with Crippen molar-refractivity contribution < 1.29 is 4.79 Å². The first-order valence-electron chi connectivity index (χ1n) is 4.97. The van der Waals surface area contributed by atoms with Crippen LogP contribution < -0.4 is 0 Å². The minimum absolute atomic E-state index is 0.00208. The number of nitriles is 1. The van der Waals surface area contributed by atoms with Crippen LogP contribution in [0.1, 0.15) is 27.2 Å². The molecule has 0 rings (SSSR count). The third-order valence-electron chi connectivity index (χ3n) is 2.38. The molecule has 80 valence electrons. The Morgan fingerprint density at radius 1 is 1.43 bits per heavy atom. The molecule has 0 aliphatic heterocycles. The Balaban J connectivity index is 4.30. The van der Waals surface area contributed by atoms with Crippen molar-refractivity contribution in [2.75, 3.05) is 20.1 Å². The summed E-state index contributed by atoms with van der Waals surface area (Å²) < 4.78 is 0. The lowest BCUT2D eigenvalue weighted by atomic mass is 10.2.